The van der Waals surface area contributed by atoms with Gasteiger partial charge in [-0.2, -0.15) is 0 Å². The molecule has 36 heavy (non-hydrogen) atoms. The molecule has 2 aromatic heterocycles. The van der Waals surface area contributed by atoms with Gasteiger partial charge in [0.2, 0.25) is 11.9 Å². The zero-order valence-electron chi connectivity index (χ0n) is 20.6. The highest BCUT2D eigenvalue weighted by Gasteiger charge is 2.56. The maximum atomic E-state index is 13.5. The van der Waals surface area contributed by atoms with Gasteiger partial charge in [-0.05, 0) is 67.2 Å². The predicted octanol–water partition coefficient (Wildman–Crippen LogP) is 2.56. The van der Waals surface area contributed by atoms with E-state index >= 15 is 0 Å². The third kappa shape index (κ3) is 4.64. The largest absolute Gasteiger partial charge is 0.384 e. The lowest BCUT2D eigenvalue weighted by Gasteiger charge is -2.45. The lowest BCUT2D eigenvalue weighted by molar-refractivity contribution is -0.156. The van der Waals surface area contributed by atoms with E-state index in [1.54, 1.807) is 43.8 Å². The molecule has 4 amide bonds. The topological polar surface area (TPSA) is 134 Å². The molecule has 2 saturated carbocycles. The highest BCUT2D eigenvalue weighted by molar-refractivity contribution is 6.12. The van der Waals surface area contributed by atoms with E-state index in [2.05, 4.69) is 20.3 Å². The van der Waals surface area contributed by atoms with Gasteiger partial charge in [-0.15, -0.1) is 0 Å². The number of hydrogen-bond acceptors (Lipinski definition) is 7. The van der Waals surface area contributed by atoms with Crippen molar-refractivity contribution in [3.05, 3.63) is 42.4 Å². The minimum Gasteiger partial charge on any atom is -0.384 e. The number of nitrogen functional groups attached to an aromatic ring is 1. The molecule has 0 bridgehead atoms. The molecule has 3 heterocycles. The van der Waals surface area contributed by atoms with Crippen LogP contribution in [0.15, 0.2) is 36.8 Å². The number of rotatable bonds is 7. The number of amides is 4. The highest BCUT2D eigenvalue weighted by Crippen LogP contribution is 2.56. The Balaban J connectivity index is 1.32. The minimum atomic E-state index is -0.953. The molecule has 190 valence electrons. The van der Waals surface area contributed by atoms with Crippen molar-refractivity contribution >= 4 is 29.6 Å². The van der Waals surface area contributed by atoms with E-state index in [1.807, 2.05) is 0 Å². The fourth-order valence-corrected chi connectivity index (χ4v) is 5.83. The van der Waals surface area contributed by atoms with Crippen LogP contribution in [0.3, 0.4) is 0 Å². The summed E-state index contributed by atoms with van der Waals surface area (Å²) in [6.07, 6.45) is 13.3. The van der Waals surface area contributed by atoms with Gasteiger partial charge in [0.25, 0.3) is 5.91 Å². The van der Waals surface area contributed by atoms with Crippen LogP contribution in [0.25, 0.3) is 0 Å². The molecule has 10 heteroatoms. The summed E-state index contributed by atoms with van der Waals surface area (Å²) in [5.74, 6) is -0.290. The summed E-state index contributed by atoms with van der Waals surface area (Å²) in [4.78, 5) is 54.7. The molecule has 3 N–H and O–H groups in total. The third-order valence-corrected chi connectivity index (χ3v) is 8.12. The fourth-order valence-electron chi connectivity index (χ4n) is 5.83. The average Bonchev–Trinajstić information content (AvgIpc) is 3.70. The molecular weight excluding hydrogens is 458 g/mol. The summed E-state index contributed by atoms with van der Waals surface area (Å²) in [5, 5.41) is 3.01. The molecule has 0 radical (unpaired) electrons. The number of nitrogens with one attached hydrogen (secondary N) is 1. The Morgan fingerprint density at radius 2 is 1.86 bits per heavy atom. The van der Waals surface area contributed by atoms with Crippen molar-refractivity contribution in [2.45, 2.75) is 57.4 Å². The summed E-state index contributed by atoms with van der Waals surface area (Å²) in [6.45, 7) is 0.546. The number of aromatic nitrogens is 3. The number of likely N-dealkylation sites (tertiary alicyclic amines) is 1. The van der Waals surface area contributed by atoms with Crippen LogP contribution in [0.1, 0.15) is 50.5 Å². The van der Waals surface area contributed by atoms with Crippen LogP contribution >= 0.6 is 0 Å². The number of β-lactam (4-membered cyclic amide) rings is 1. The first-order valence-corrected chi connectivity index (χ1v) is 12.8. The Morgan fingerprint density at radius 1 is 1.14 bits per heavy atom. The monoisotopic (exact) mass is 491 g/mol. The van der Waals surface area contributed by atoms with Gasteiger partial charge in [0.1, 0.15) is 11.9 Å². The number of pyridine rings is 1. The Bertz CT molecular complexity index is 1130. The van der Waals surface area contributed by atoms with Crippen molar-refractivity contribution in [2.75, 3.05) is 24.2 Å². The van der Waals surface area contributed by atoms with Gasteiger partial charge < -0.3 is 11.1 Å². The molecule has 0 unspecified atom stereocenters. The van der Waals surface area contributed by atoms with Gasteiger partial charge in [0.05, 0.1) is 5.92 Å². The second kappa shape index (κ2) is 9.83. The maximum absolute atomic E-state index is 13.5. The van der Waals surface area contributed by atoms with Gasteiger partial charge in [-0.25, -0.2) is 19.7 Å². The van der Waals surface area contributed by atoms with Crippen molar-refractivity contribution < 1.29 is 14.4 Å². The molecule has 1 aliphatic heterocycles. The quantitative estimate of drug-likeness (QED) is 0.568. The second-order valence-electron chi connectivity index (χ2n) is 10.4. The predicted molar refractivity (Wildman–Crippen MR) is 134 cm³/mol. The number of carbonyl (C=O) groups excluding carboxylic acids is 3. The van der Waals surface area contributed by atoms with Crippen LogP contribution in [0.2, 0.25) is 0 Å². The van der Waals surface area contributed by atoms with E-state index in [1.165, 1.54) is 37.0 Å². The number of imide groups is 1. The number of hydrogen-bond donors (Lipinski definition) is 2. The van der Waals surface area contributed by atoms with E-state index in [0.717, 1.165) is 23.3 Å². The van der Waals surface area contributed by atoms with E-state index in [0.29, 0.717) is 18.3 Å². The summed E-state index contributed by atoms with van der Waals surface area (Å²) >= 11 is 0. The lowest BCUT2D eigenvalue weighted by atomic mass is 9.77. The Morgan fingerprint density at radius 3 is 2.53 bits per heavy atom. The van der Waals surface area contributed by atoms with Crippen molar-refractivity contribution in [3.63, 3.8) is 0 Å². The zero-order chi connectivity index (χ0) is 25.3. The van der Waals surface area contributed by atoms with Gasteiger partial charge in [-0.3, -0.25) is 19.4 Å². The second-order valence-corrected chi connectivity index (χ2v) is 10.4. The fraction of sp³-hybridized carbons (Fsp3) is 0.538. The van der Waals surface area contributed by atoms with Gasteiger partial charge in [0, 0.05) is 32.2 Å². The highest BCUT2D eigenvalue weighted by atomic mass is 16.2. The van der Waals surface area contributed by atoms with Crippen LogP contribution in [-0.2, 0) is 16.0 Å². The third-order valence-electron chi connectivity index (χ3n) is 8.12. The maximum Gasteiger partial charge on any atom is 0.324 e. The van der Waals surface area contributed by atoms with E-state index < -0.39 is 23.9 Å². The standard InChI is InChI=1S/C26H33N7O3/c1-32(24-29-11-5-12-30-24)23(35)21-19(14-17-8-13-28-20(27)15-17)22(34)33(21)25(36)31-16-26(9-10-26)18-6-3-2-4-7-18/h5,8,11-13,15,18-19,21H,2-4,6-7,9-10,14,16H2,1H3,(H2,27,28)(H,31,36)/t19-,21+/m1/s1. The zero-order valence-corrected chi connectivity index (χ0v) is 20.6. The van der Waals surface area contributed by atoms with Crippen molar-refractivity contribution in [1.29, 1.82) is 0 Å². The van der Waals surface area contributed by atoms with Crippen LogP contribution in [0, 0.1) is 17.3 Å². The summed E-state index contributed by atoms with van der Waals surface area (Å²) in [6, 6.07) is 3.64. The van der Waals surface area contributed by atoms with Crippen LogP contribution in [-0.4, -0.2) is 57.3 Å². The smallest absolute Gasteiger partial charge is 0.324 e. The summed E-state index contributed by atoms with van der Waals surface area (Å²) < 4.78 is 0. The molecule has 10 nitrogen and oxygen atoms in total. The van der Waals surface area contributed by atoms with Gasteiger partial charge in [-0.1, -0.05) is 19.3 Å². The normalized spacial score (nSPS) is 23.0. The number of urea groups is 1. The molecule has 0 spiro atoms. The van der Waals surface area contributed by atoms with Crippen molar-refractivity contribution in [3.8, 4) is 0 Å². The van der Waals surface area contributed by atoms with Crippen LogP contribution < -0.4 is 16.0 Å². The van der Waals surface area contributed by atoms with Gasteiger partial charge >= 0.3 is 6.03 Å². The lowest BCUT2D eigenvalue weighted by Crippen LogP contribution is -2.70. The Hall–Kier alpha value is -3.56. The molecule has 0 aromatic carbocycles. The first-order valence-electron chi connectivity index (χ1n) is 12.8. The molecule has 3 fully saturated rings. The molecule has 2 aromatic rings. The van der Waals surface area contributed by atoms with E-state index in [-0.39, 0.29) is 23.7 Å². The molecule has 2 atom stereocenters. The van der Waals surface area contributed by atoms with E-state index in [4.69, 9.17) is 5.73 Å². The molecular formula is C26H33N7O3. The minimum absolute atomic E-state index is 0.145. The van der Waals surface area contributed by atoms with Gasteiger partial charge in [0.15, 0.2) is 0 Å². The van der Waals surface area contributed by atoms with Crippen LogP contribution in [0.5, 0.6) is 0 Å². The summed E-state index contributed by atoms with van der Waals surface area (Å²) in [7, 11) is 1.56. The molecule has 2 aliphatic carbocycles. The van der Waals surface area contributed by atoms with Crippen LogP contribution in [0.4, 0.5) is 16.6 Å². The van der Waals surface area contributed by atoms with Crippen molar-refractivity contribution in [1.82, 2.24) is 25.2 Å². The molecule has 3 aliphatic rings. The SMILES string of the molecule is CN(C(=O)[C@@H]1[C@@H](Cc2ccnc(N)c2)C(=O)N1C(=O)NCC1(C2CCCCC2)CC1)c1ncccn1. The Kier molecular flexibility index (Phi) is 6.59. The van der Waals surface area contributed by atoms with E-state index in [9.17, 15) is 14.4 Å². The number of anilines is 2. The summed E-state index contributed by atoms with van der Waals surface area (Å²) in [5.41, 5.74) is 6.74. The first kappa shape index (κ1) is 24.1. The average molecular weight is 492 g/mol. The number of nitrogens with two attached hydrogens (primary N) is 1. The number of likely N-dealkylation sites (N-methyl/N-ethyl adjacent to an activating group) is 1. The Labute approximate surface area is 210 Å². The molecule has 5 rings (SSSR count). The molecule has 1 saturated heterocycles. The van der Waals surface area contributed by atoms with Crippen molar-refractivity contribution in [2.24, 2.45) is 17.3 Å². The number of nitrogens with zero attached hydrogens (tertiary/aromatic N) is 5. The first-order chi connectivity index (χ1) is 17.4. The number of carbonyl (C=O) groups is 3.